The van der Waals surface area contributed by atoms with Crippen LogP contribution in [0.25, 0.3) is 11.0 Å². The lowest BCUT2D eigenvalue weighted by Gasteiger charge is -2.06. The van der Waals surface area contributed by atoms with Gasteiger partial charge >= 0.3 is 0 Å². The van der Waals surface area contributed by atoms with Crippen molar-refractivity contribution in [3.8, 4) is 0 Å². The lowest BCUT2D eigenvalue weighted by atomic mass is 10.1. The number of benzene rings is 1. The summed E-state index contributed by atoms with van der Waals surface area (Å²) in [5.41, 5.74) is 1.71. The average molecular weight is 343 g/mol. The Morgan fingerprint density at radius 2 is 1.88 bits per heavy atom. The van der Waals surface area contributed by atoms with Crippen LogP contribution in [0.4, 0.5) is 5.95 Å². The van der Waals surface area contributed by atoms with E-state index in [1.54, 1.807) is 24.5 Å². The first-order valence-electron chi connectivity index (χ1n) is 7.46. The number of fused-ring (bicyclic) bond motifs is 1. The van der Waals surface area contributed by atoms with Crippen LogP contribution < -0.4 is 10.5 Å². The molecule has 0 fully saturated rings. The summed E-state index contributed by atoms with van der Waals surface area (Å²) in [6, 6.07) is 10.4. The fourth-order valence-electron chi connectivity index (χ4n) is 2.29. The maximum atomic E-state index is 11.2. The quantitative estimate of drug-likeness (QED) is 0.659. The van der Waals surface area contributed by atoms with Crippen molar-refractivity contribution in [2.45, 2.75) is 17.7 Å². The van der Waals surface area contributed by atoms with Gasteiger partial charge in [0.1, 0.15) is 0 Å². The first-order chi connectivity index (χ1) is 11.5. The second kappa shape index (κ2) is 6.90. The molecule has 0 saturated heterocycles. The Balaban J connectivity index is 1.53. The molecule has 3 rings (SSSR count). The van der Waals surface area contributed by atoms with Crippen molar-refractivity contribution < 1.29 is 8.42 Å². The molecule has 0 aliphatic heterocycles. The second-order valence-corrected chi connectivity index (χ2v) is 6.89. The highest BCUT2D eigenvalue weighted by Crippen LogP contribution is 2.11. The van der Waals surface area contributed by atoms with Crippen molar-refractivity contribution >= 4 is 27.0 Å². The number of rotatable bonds is 6. The molecule has 7 nitrogen and oxygen atoms in total. The summed E-state index contributed by atoms with van der Waals surface area (Å²) in [5, 5.41) is 9.14. The van der Waals surface area contributed by atoms with E-state index in [9.17, 15) is 8.42 Å². The molecule has 8 heteroatoms. The number of nitrogens with two attached hydrogens (primary N) is 1. The van der Waals surface area contributed by atoms with Gasteiger partial charge in [0.2, 0.25) is 16.0 Å². The summed E-state index contributed by atoms with van der Waals surface area (Å²) in [4.78, 5) is 12.9. The molecule has 0 saturated carbocycles. The van der Waals surface area contributed by atoms with Gasteiger partial charge in [-0.15, -0.1) is 0 Å². The third kappa shape index (κ3) is 4.03. The fraction of sp³-hybridized carbons (Fsp3) is 0.188. The van der Waals surface area contributed by atoms with Crippen LogP contribution in [-0.4, -0.2) is 29.9 Å². The van der Waals surface area contributed by atoms with Crippen molar-refractivity contribution in [1.29, 1.82) is 0 Å². The van der Waals surface area contributed by atoms with Gasteiger partial charge in [0, 0.05) is 24.3 Å². The summed E-state index contributed by atoms with van der Waals surface area (Å²) < 4.78 is 22.4. The highest BCUT2D eigenvalue weighted by atomic mass is 32.2. The number of sulfonamides is 1. The lowest BCUT2D eigenvalue weighted by Crippen LogP contribution is -2.12. The highest BCUT2D eigenvalue weighted by molar-refractivity contribution is 7.89. The van der Waals surface area contributed by atoms with Gasteiger partial charge in [-0.3, -0.25) is 0 Å². The van der Waals surface area contributed by atoms with Crippen LogP contribution in [0.5, 0.6) is 0 Å². The number of anilines is 1. The monoisotopic (exact) mass is 343 g/mol. The van der Waals surface area contributed by atoms with E-state index in [0.717, 1.165) is 23.8 Å². The molecule has 0 spiro atoms. The minimum Gasteiger partial charge on any atom is -0.354 e. The highest BCUT2D eigenvalue weighted by Gasteiger charge is 2.06. The third-order valence-electron chi connectivity index (χ3n) is 3.53. The molecular weight excluding hydrogens is 326 g/mol. The Morgan fingerprint density at radius 3 is 2.62 bits per heavy atom. The van der Waals surface area contributed by atoms with Crippen molar-refractivity contribution in [1.82, 2.24) is 15.0 Å². The molecule has 2 heterocycles. The molecule has 0 amide bonds. The Bertz CT molecular complexity index is 942. The molecule has 0 aliphatic rings. The molecule has 0 unspecified atom stereocenters. The van der Waals surface area contributed by atoms with Gasteiger partial charge in [0.25, 0.3) is 0 Å². The number of pyridine rings is 1. The number of nitrogens with zero attached hydrogens (tertiary/aromatic N) is 3. The standard InChI is InChI=1S/C16H17N5O2S/c17-24(22,23)14-7-5-12(6-8-14)3-1-10-19-16-20-11-13-4-2-9-18-15(13)21-16/h2,4-9,11H,1,3,10H2,(H2,17,22,23)(H,18,19,20,21). The Labute approximate surface area is 140 Å². The van der Waals surface area contributed by atoms with Crippen LogP contribution in [0.1, 0.15) is 12.0 Å². The van der Waals surface area contributed by atoms with Gasteiger partial charge in [-0.05, 0) is 42.7 Å². The lowest BCUT2D eigenvalue weighted by molar-refractivity contribution is 0.597. The number of hydrogen-bond donors (Lipinski definition) is 2. The molecule has 0 aliphatic carbocycles. The number of aromatic nitrogens is 3. The maximum absolute atomic E-state index is 11.2. The zero-order valence-corrected chi connectivity index (χ0v) is 13.7. The normalized spacial score (nSPS) is 11.5. The van der Waals surface area contributed by atoms with Gasteiger partial charge < -0.3 is 5.32 Å². The van der Waals surface area contributed by atoms with Crippen LogP contribution in [0.3, 0.4) is 0 Å². The molecule has 3 N–H and O–H groups in total. The summed E-state index contributed by atoms with van der Waals surface area (Å²) in [7, 11) is -3.63. The van der Waals surface area contributed by atoms with E-state index in [0.29, 0.717) is 18.1 Å². The predicted octanol–water partition coefficient (Wildman–Crippen LogP) is 1.72. The van der Waals surface area contributed by atoms with E-state index in [4.69, 9.17) is 5.14 Å². The number of primary sulfonamides is 1. The predicted molar refractivity (Wildman–Crippen MR) is 92.0 cm³/mol. The van der Waals surface area contributed by atoms with E-state index in [1.165, 1.54) is 12.1 Å². The number of hydrogen-bond acceptors (Lipinski definition) is 6. The van der Waals surface area contributed by atoms with E-state index >= 15 is 0 Å². The maximum Gasteiger partial charge on any atom is 0.238 e. The summed E-state index contributed by atoms with van der Waals surface area (Å²) in [6.45, 7) is 0.704. The van der Waals surface area contributed by atoms with Crippen LogP contribution >= 0.6 is 0 Å². The fourth-order valence-corrected chi connectivity index (χ4v) is 2.80. The molecular formula is C16H17N5O2S. The molecule has 2 aromatic heterocycles. The van der Waals surface area contributed by atoms with Crippen molar-refractivity contribution in [3.63, 3.8) is 0 Å². The van der Waals surface area contributed by atoms with Crippen LogP contribution in [0.15, 0.2) is 53.7 Å². The first kappa shape index (κ1) is 16.3. The van der Waals surface area contributed by atoms with Gasteiger partial charge in [0.15, 0.2) is 5.65 Å². The van der Waals surface area contributed by atoms with Gasteiger partial charge in [-0.2, -0.15) is 4.98 Å². The van der Waals surface area contributed by atoms with E-state index in [1.807, 2.05) is 12.1 Å². The molecule has 0 radical (unpaired) electrons. The molecule has 124 valence electrons. The summed E-state index contributed by atoms with van der Waals surface area (Å²) in [6.07, 6.45) is 5.11. The van der Waals surface area contributed by atoms with Crippen molar-refractivity contribution in [2.75, 3.05) is 11.9 Å². The molecule has 0 atom stereocenters. The first-order valence-corrected chi connectivity index (χ1v) is 9.00. The van der Waals surface area contributed by atoms with Crippen LogP contribution in [0.2, 0.25) is 0 Å². The third-order valence-corrected chi connectivity index (χ3v) is 4.46. The molecule has 0 bridgehead atoms. The topological polar surface area (TPSA) is 111 Å². The van der Waals surface area contributed by atoms with Gasteiger partial charge in [0.05, 0.1) is 4.90 Å². The zero-order valence-electron chi connectivity index (χ0n) is 12.9. The molecule has 3 aromatic rings. The SMILES string of the molecule is NS(=O)(=O)c1ccc(CCCNc2ncc3cccnc3n2)cc1. The summed E-state index contributed by atoms with van der Waals surface area (Å²) >= 11 is 0. The minimum atomic E-state index is -3.63. The van der Waals surface area contributed by atoms with Crippen molar-refractivity contribution in [3.05, 3.63) is 54.4 Å². The van der Waals surface area contributed by atoms with E-state index < -0.39 is 10.0 Å². The number of aryl methyl sites for hydroxylation is 1. The second-order valence-electron chi connectivity index (χ2n) is 5.33. The zero-order chi connectivity index (χ0) is 17.0. The Morgan fingerprint density at radius 1 is 1.08 bits per heavy atom. The van der Waals surface area contributed by atoms with E-state index in [-0.39, 0.29) is 4.90 Å². The Hall–Kier alpha value is -2.58. The van der Waals surface area contributed by atoms with Gasteiger partial charge in [-0.25, -0.2) is 23.5 Å². The number of nitrogens with one attached hydrogen (secondary N) is 1. The largest absolute Gasteiger partial charge is 0.354 e. The smallest absolute Gasteiger partial charge is 0.238 e. The van der Waals surface area contributed by atoms with E-state index in [2.05, 4.69) is 20.3 Å². The minimum absolute atomic E-state index is 0.126. The Kier molecular flexibility index (Phi) is 4.68. The molecule has 24 heavy (non-hydrogen) atoms. The van der Waals surface area contributed by atoms with Crippen molar-refractivity contribution in [2.24, 2.45) is 5.14 Å². The average Bonchev–Trinajstić information content (AvgIpc) is 2.58. The molecule has 1 aromatic carbocycles. The van der Waals surface area contributed by atoms with Gasteiger partial charge in [-0.1, -0.05) is 12.1 Å². The van der Waals surface area contributed by atoms with Crippen LogP contribution in [-0.2, 0) is 16.4 Å². The summed E-state index contributed by atoms with van der Waals surface area (Å²) in [5.74, 6) is 0.547. The van der Waals surface area contributed by atoms with Crippen LogP contribution in [0, 0.1) is 0 Å².